The molecule has 0 saturated carbocycles. The molecule has 0 spiro atoms. The smallest absolute Gasteiger partial charge is 0.252 e. The Morgan fingerprint density at radius 1 is 1.09 bits per heavy atom. The number of carbonyl (C=O) groups is 1. The van der Waals surface area contributed by atoms with Crippen LogP contribution in [0.15, 0.2) is 64.2 Å². The molecular formula is C23H23ClN2O4S2. The van der Waals surface area contributed by atoms with Gasteiger partial charge in [-0.15, -0.1) is 0 Å². The zero-order valence-electron chi connectivity index (χ0n) is 17.5. The summed E-state index contributed by atoms with van der Waals surface area (Å²) in [5.74, 6) is -0.155. The molecular weight excluding hydrogens is 468 g/mol. The van der Waals surface area contributed by atoms with Crippen LogP contribution < -0.4 is 10.1 Å². The number of nitrogens with one attached hydrogen (secondary N) is 1. The number of nitrogens with zero attached hydrogens (tertiary/aromatic N) is 1. The average Bonchev–Trinajstić information content (AvgIpc) is 3.52. The number of sulfonamides is 1. The maximum absolute atomic E-state index is 13.2. The van der Waals surface area contributed by atoms with Crippen LogP contribution >= 0.6 is 22.9 Å². The van der Waals surface area contributed by atoms with E-state index in [1.54, 1.807) is 18.2 Å². The molecule has 4 rings (SSSR count). The zero-order valence-corrected chi connectivity index (χ0v) is 19.8. The SMILES string of the molecule is COc1ccc(C(=O)NC(c2ccc(Cl)cc2)c2ccsc2)cc1S(=O)(=O)N1CCCC1. The summed E-state index contributed by atoms with van der Waals surface area (Å²) in [6, 6.07) is 13.3. The summed E-state index contributed by atoms with van der Waals surface area (Å²) in [6.07, 6.45) is 1.65. The Morgan fingerprint density at radius 3 is 2.44 bits per heavy atom. The minimum atomic E-state index is -3.75. The van der Waals surface area contributed by atoms with Crippen molar-refractivity contribution >= 4 is 38.9 Å². The molecule has 1 saturated heterocycles. The summed E-state index contributed by atoms with van der Waals surface area (Å²) >= 11 is 7.56. The lowest BCUT2D eigenvalue weighted by Crippen LogP contribution is -2.30. The molecule has 168 valence electrons. The molecule has 2 heterocycles. The predicted octanol–water partition coefficient (Wildman–Crippen LogP) is 4.71. The molecule has 1 atom stereocenters. The van der Waals surface area contributed by atoms with Gasteiger partial charge in [-0.2, -0.15) is 15.6 Å². The lowest BCUT2D eigenvalue weighted by Gasteiger charge is -2.20. The van der Waals surface area contributed by atoms with Crippen LogP contribution in [0.4, 0.5) is 0 Å². The van der Waals surface area contributed by atoms with E-state index < -0.39 is 16.1 Å². The molecule has 6 nitrogen and oxygen atoms in total. The van der Waals surface area contributed by atoms with Gasteiger partial charge in [0.1, 0.15) is 10.6 Å². The third-order valence-corrected chi connectivity index (χ3v) is 8.34. The summed E-state index contributed by atoms with van der Waals surface area (Å²) in [5, 5.41) is 7.55. The molecule has 32 heavy (non-hydrogen) atoms. The normalized spacial score (nSPS) is 15.4. The van der Waals surface area contributed by atoms with Crippen molar-refractivity contribution in [1.29, 1.82) is 0 Å². The van der Waals surface area contributed by atoms with Crippen LogP contribution in [0.2, 0.25) is 5.02 Å². The van der Waals surface area contributed by atoms with Crippen molar-refractivity contribution in [2.75, 3.05) is 20.2 Å². The molecule has 3 aromatic rings. The van der Waals surface area contributed by atoms with Crippen LogP contribution in [0, 0.1) is 0 Å². The van der Waals surface area contributed by atoms with Crippen molar-refractivity contribution in [3.8, 4) is 5.75 Å². The largest absolute Gasteiger partial charge is 0.495 e. The third kappa shape index (κ3) is 4.68. The van der Waals surface area contributed by atoms with Crippen LogP contribution in [0.1, 0.15) is 40.4 Å². The van der Waals surface area contributed by atoms with Crippen molar-refractivity contribution in [2.45, 2.75) is 23.8 Å². The van der Waals surface area contributed by atoms with Gasteiger partial charge in [0.25, 0.3) is 5.91 Å². The number of methoxy groups -OCH3 is 1. The van der Waals surface area contributed by atoms with Gasteiger partial charge >= 0.3 is 0 Å². The van der Waals surface area contributed by atoms with E-state index in [0.29, 0.717) is 18.1 Å². The number of halogens is 1. The van der Waals surface area contributed by atoms with Gasteiger partial charge in [0.05, 0.1) is 13.2 Å². The number of carbonyl (C=O) groups excluding carboxylic acids is 1. The monoisotopic (exact) mass is 490 g/mol. The summed E-state index contributed by atoms with van der Waals surface area (Å²) in [4.78, 5) is 13.2. The molecule has 1 aromatic heterocycles. The molecule has 1 aliphatic rings. The van der Waals surface area contributed by atoms with E-state index >= 15 is 0 Å². The first-order valence-corrected chi connectivity index (χ1v) is 12.9. The number of amides is 1. The maximum atomic E-state index is 13.2. The Balaban J connectivity index is 1.67. The standard InChI is InChI=1S/C23H23ClN2O4S2/c1-30-20-9-6-17(14-21(20)32(28,29)26-11-2-3-12-26)23(27)25-22(18-10-13-31-15-18)16-4-7-19(24)8-5-16/h4-10,13-15,22H,2-3,11-12H2,1H3,(H,25,27). The molecule has 0 radical (unpaired) electrons. The van der Waals surface area contributed by atoms with E-state index in [1.807, 2.05) is 29.0 Å². The highest BCUT2D eigenvalue weighted by atomic mass is 35.5. The predicted molar refractivity (Wildman–Crippen MR) is 126 cm³/mol. The number of rotatable bonds is 7. The second-order valence-electron chi connectivity index (χ2n) is 7.49. The Labute approximate surface area is 196 Å². The highest BCUT2D eigenvalue weighted by Crippen LogP contribution is 2.31. The summed E-state index contributed by atoms with van der Waals surface area (Å²) in [7, 11) is -2.33. The minimum absolute atomic E-state index is 0.00752. The van der Waals surface area contributed by atoms with Crippen LogP contribution in [-0.4, -0.2) is 38.8 Å². The van der Waals surface area contributed by atoms with Crippen LogP contribution in [0.25, 0.3) is 0 Å². The van der Waals surface area contributed by atoms with Gasteiger partial charge in [-0.25, -0.2) is 8.42 Å². The topological polar surface area (TPSA) is 75.7 Å². The number of hydrogen-bond donors (Lipinski definition) is 1. The van der Waals surface area contributed by atoms with Gasteiger partial charge < -0.3 is 10.1 Å². The minimum Gasteiger partial charge on any atom is -0.495 e. The second kappa shape index (κ2) is 9.62. The molecule has 9 heteroatoms. The molecule has 2 aromatic carbocycles. The highest BCUT2D eigenvalue weighted by Gasteiger charge is 2.31. The number of hydrogen-bond acceptors (Lipinski definition) is 5. The molecule has 1 fully saturated rings. The van der Waals surface area contributed by atoms with Crippen LogP contribution in [0.3, 0.4) is 0 Å². The fraction of sp³-hybridized carbons (Fsp3) is 0.261. The van der Waals surface area contributed by atoms with Crippen molar-refractivity contribution in [1.82, 2.24) is 9.62 Å². The first kappa shape index (κ1) is 22.8. The average molecular weight is 491 g/mol. The zero-order chi connectivity index (χ0) is 22.7. The quantitative estimate of drug-likeness (QED) is 0.520. The molecule has 0 aliphatic carbocycles. The fourth-order valence-corrected chi connectivity index (χ4v) is 6.27. The highest BCUT2D eigenvalue weighted by molar-refractivity contribution is 7.89. The van der Waals surface area contributed by atoms with Crippen LogP contribution in [0.5, 0.6) is 5.75 Å². The van der Waals surface area contributed by atoms with E-state index in [1.165, 1.54) is 34.9 Å². The van der Waals surface area contributed by atoms with Gasteiger partial charge in [-0.05, 0) is 71.1 Å². The van der Waals surface area contributed by atoms with E-state index in [9.17, 15) is 13.2 Å². The van der Waals surface area contributed by atoms with Gasteiger partial charge in [0.15, 0.2) is 0 Å². The van der Waals surface area contributed by atoms with Gasteiger partial charge in [-0.1, -0.05) is 23.7 Å². The number of thiophene rings is 1. The molecule has 1 amide bonds. The molecule has 1 N–H and O–H groups in total. The molecule has 1 unspecified atom stereocenters. The second-order valence-corrected chi connectivity index (χ2v) is 10.6. The Morgan fingerprint density at radius 2 is 1.81 bits per heavy atom. The summed E-state index contributed by atoms with van der Waals surface area (Å²) in [5.41, 5.74) is 2.06. The van der Waals surface area contributed by atoms with Crippen molar-refractivity contribution in [2.24, 2.45) is 0 Å². The summed E-state index contributed by atoms with van der Waals surface area (Å²) < 4.78 is 33.0. The van der Waals surface area contributed by atoms with E-state index in [-0.39, 0.29) is 22.1 Å². The maximum Gasteiger partial charge on any atom is 0.252 e. The number of ether oxygens (including phenoxy) is 1. The lowest BCUT2D eigenvalue weighted by molar-refractivity contribution is 0.0942. The lowest BCUT2D eigenvalue weighted by atomic mass is 10.0. The fourth-order valence-electron chi connectivity index (χ4n) is 3.76. The van der Waals surface area contributed by atoms with E-state index in [4.69, 9.17) is 16.3 Å². The Bertz CT molecular complexity index is 1190. The Kier molecular flexibility index (Phi) is 6.85. The van der Waals surface area contributed by atoms with Crippen LogP contribution in [-0.2, 0) is 10.0 Å². The molecule has 1 aliphatic heterocycles. The van der Waals surface area contributed by atoms with E-state index in [0.717, 1.165) is 24.0 Å². The first-order valence-electron chi connectivity index (χ1n) is 10.2. The van der Waals surface area contributed by atoms with Gasteiger partial charge in [0, 0.05) is 23.7 Å². The third-order valence-electron chi connectivity index (χ3n) is 5.46. The first-order chi connectivity index (χ1) is 15.4. The summed E-state index contributed by atoms with van der Waals surface area (Å²) in [6.45, 7) is 0.942. The van der Waals surface area contributed by atoms with Crippen molar-refractivity contribution < 1.29 is 17.9 Å². The Hall–Kier alpha value is -2.39. The number of benzene rings is 2. The van der Waals surface area contributed by atoms with Gasteiger partial charge in [0.2, 0.25) is 10.0 Å². The van der Waals surface area contributed by atoms with Crippen molar-refractivity contribution in [3.63, 3.8) is 0 Å². The van der Waals surface area contributed by atoms with Crippen molar-refractivity contribution in [3.05, 3.63) is 81.0 Å². The van der Waals surface area contributed by atoms with Gasteiger partial charge in [-0.3, -0.25) is 4.79 Å². The molecule has 0 bridgehead atoms. The van der Waals surface area contributed by atoms with E-state index in [2.05, 4.69) is 5.32 Å².